The second kappa shape index (κ2) is 20.0. The van der Waals surface area contributed by atoms with E-state index in [0.29, 0.717) is 13.1 Å². The molecule has 0 fully saturated rings. The Morgan fingerprint density at radius 1 is 0.538 bits per heavy atom. The van der Waals surface area contributed by atoms with Crippen molar-refractivity contribution in [3.8, 4) is 0 Å². The third-order valence-corrected chi connectivity index (χ3v) is 4.55. The van der Waals surface area contributed by atoms with Crippen LogP contribution in [0.2, 0.25) is 0 Å². The molecule has 0 aliphatic carbocycles. The largest absolute Gasteiger partial charge is 0.353 e. The van der Waals surface area contributed by atoms with Crippen molar-refractivity contribution in [2.24, 2.45) is 0 Å². The molecule has 0 atom stereocenters. The van der Waals surface area contributed by atoms with Gasteiger partial charge in [0.15, 0.2) is 0 Å². The Hall–Kier alpha value is -1.32. The van der Waals surface area contributed by atoms with E-state index >= 15 is 0 Å². The SMILES string of the molecule is CCCCCCCCCNC(=O)/C=C\C(=O)NCCCCCCCCC. The van der Waals surface area contributed by atoms with Gasteiger partial charge in [-0.1, -0.05) is 90.9 Å². The van der Waals surface area contributed by atoms with Crippen molar-refractivity contribution in [3.05, 3.63) is 12.2 Å². The number of rotatable bonds is 18. The molecule has 0 aliphatic heterocycles. The topological polar surface area (TPSA) is 58.2 Å². The Bertz CT molecular complexity index is 333. The summed E-state index contributed by atoms with van der Waals surface area (Å²) < 4.78 is 0. The molecule has 0 aromatic heterocycles. The maximum absolute atomic E-state index is 11.6. The molecule has 0 saturated carbocycles. The summed E-state index contributed by atoms with van der Waals surface area (Å²) in [6.45, 7) is 5.82. The zero-order valence-electron chi connectivity index (χ0n) is 17.3. The average Bonchev–Trinajstić information content (AvgIpc) is 2.64. The molecule has 0 rings (SSSR count). The summed E-state index contributed by atoms with van der Waals surface area (Å²) in [5.74, 6) is -0.357. The van der Waals surface area contributed by atoms with Gasteiger partial charge in [-0.15, -0.1) is 0 Å². The zero-order chi connectivity index (χ0) is 19.3. The molecular weight excluding hydrogens is 324 g/mol. The lowest BCUT2D eigenvalue weighted by Crippen LogP contribution is -2.25. The molecule has 0 bridgehead atoms. The Kier molecular flexibility index (Phi) is 19.0. The van der Waals surface area contributed by atoms with Crippen molar-refractivity contribution < 1.29 is 9.59 Å². The van der Waals surface area contributed by atoms with Crippen molar-refractivity contribution >= 4 is 11.8 Å². The monoisotopic (exact) mass is 366 g/mol. The average molecular weight is 367 g/mol. The minimum Gasteiger partial charge on any atom is -0.353 e. The molecule has 0 saturated heterocycles. The van der Waals surface area contributed by atoms with Crippen LogP contribution in [0.25, 0.3) is 0 Å². The minimum atomic E-state index is -0.179. The van der Waals surface area contributed by atoms with Gasteiger partial charge in [0.05, 0.1) is 0 Å². The summed E-state index contributed by atoms with van der Waals surface area (Å²) >= 11 is 0. The van der Waals surface area contributed by atoms with Crippen LogP contribution in [0.4, 0.5) is 0 Å². The first-order valence-electron chi connectivity index (χ1n) is 10.9. The molecule has 0 aliphatic rings. The summed E-state index contributed by atoms with van der Waals surface area (Å²) in [4.78, 5) is 23.3. The maximum atomic E-state index is 11.6. The number of nitrogens with one attached hydrogen (secondary N) is 2. The van der Waals surface area contributed by atoms with Gasteiger partial charge >= 0.3 is 0 Å². The maximum Gasteiger partial charge on any atom is 0.244 e. The van der Waals surface area contributed by atoms with Gasteiger partial charge in [-0.05, 0) is 12.8 Å². The van der Waals surface area contributed by atoms with Crippen molar-refractivity contribution in [3.63, 3.8) is 0 Å². The second-order valence-electron chi connectivity index (χ2n) is 7.16. The summed E-state index contributed by atoms with van der Waals surface area (Å²) in [7, 11) is 0. The van der Waals surface area contributed by atoms with Crippen LogP contribution < -0.4 is 10.6 Å². The Morgan fingerprint density at radius 3 is 1.19 bits per heavy atom. The zero-order valence-corrected chi connectivity index (χ0v) is 17.3. The van der Waals surface area contributed by atoms with E-state index in [1.807, 2.05) is 0 Å². The fourth-order valence-corrected chi connectivity index (χ4v) is 2.86. The summed E-state index contributed by atoms with van der Waals surface area (Å²) in [5, 5.41) is 5.67. The standard InChI is InChI=1S/C22H42N2O2/c1-3-5-7-9-11-13-15-19-23-21(25)17-18-22(26)24-20-16-14-12-10-8-6-4-2/h17-18H,3-16,19-20H2,1-2H3,(H,23,25)(H,24,26)/b18-17-. The highest BCUT2D eigenvalue weighted by Crippen LogP contribution is 2.07. The lowest BCUT2D eigenvalue weighted by Gasteiger charge is -2.04. The smallest absolute Gasteiger partial charge is 0.244 e. The third-order valence-electron chi connectivity index (χ3n) is 4.55. The fraction of sp³-hybridized carbons (Fsp3) is 0.818. The van der Waals surface area contributed by atoms with E-state index in [2.05, 4.69) is 24.5 Å². The van der Waals surface area contributed by atoms with E-state index in [1.54, 1.807) is 0 Å². The molecule has 0 radical (unpaired) electrons. The van der Waals surface area contributed by atoms with Gasteiger partial charge in [-0.25, -0.2) is 0 Å². The van der Waals surface area contributed by atoms with E-state index in [4.69, 9.17) is 0 Å². The van der Waals surface area contributed by atoms with E-state index in [-0.39, 0.29) is 11.8 Å². The van der Waals surface area contributed by atoms with Crippen LogP contribution in [-0.4, -0.2) is 24.9 Å². The van der Waals surface area contributed by atoms with Crippen molar-refractivity contribution in [1.82, 2.24) is 10.6 Å². The predicted molar refractivity (Wildman–Crippen MR) is 111 cm³/mol. The van der Waals surface area contributed by atoms with Crippen LogP contribution in [0.1, 0.15) is 104 Å². The second-order valence-corrected chi connectivity index (χ2v) is 7.16. The molecule has 0 aromatic rings. The van der Waals surface area contributed by atoms with E-state index in [0.717, 1.165) is 25.7 Å². The molecule has 2 amide bonds. The van der Waals surface area contributed by atoms with Crippen LogP contribution in [0.3, 0.4) is 0 Å². The van der Waals surface area contributed by atoms with Gasteiger partial charge in [-0.2, -0.15) is 0 Å². The molecule has 0 heterocycles. The van der Waals surface area contributed by atoms with E-state index in [1.165, 1.54) is 76.4 Å². The first kappa shape index (κ1) is 24.7. The summed E-state index contributed by atoms with van der Waals surface area (Å²) in [5.41, 5.74) is 0. The molecular formula is C22H42N2O2. The van der Waals surface area contributed by atoms with Crippen molar-refractivity contribution in [2.45, 2.75) is 104 Å². The highest BCUT2D eigenvalue weighted by molar-refractivity contribution is 5.96. The Labute approximate surface area is 161 Å². The van der Waals surface area contributed by atoms with Crippen LogP contribution in [0, 0.1) is 0 Å². The highest BCUT2D eigenvalue weighted by Gasteiger charge is 1.99. The van der Waals surface area contributed by atoms with Crippen LogP contribution in [-0.2, 0) is 9.59 Å². The van der Waals surface area contributed by atoms with Gasteiger partial charge in [0.1, 0.15) is 0 Å². The molecule has 0 aromatic carbocycles. The minimum absolute atomic E-state index is 0.179. The first-order chi connectivity index (χ1) is 12.7. The number of hydrogen-bond acceptors (Lipinski definition) is 2. The Morgan fingerprint density at radius 2 is 0.846 bits per heavy atom. The highest BCUT2D eigenvalue weighted by atomic mass is 16.2. The number of carbonyl (C=O) groups excluding carboxylic acids is 2. The Balaban J connectivity index is 3.45. The van der Waals surface area contributed by atoms with E-state index in [9.17, 15) is 9.59 Å². The van der Waals surface area contributed by atoms with Crippen molar-refractivity contribution in [1.29, 1.82) is 0 Å². The lowest BCUT2D eigenvalue weighted by atomic mass is 10.1. The van der Waals surface area contributed by atoms with Gasteiger partial charge in [-0.3, -0.25) is 9.59 Å². The lowest BCUT2D eigenvalue weighted by molar-refractivity contribution is -0.118. The van der Waals surface area contributed by atoms with Gasteiger partial charge in [0.2, 0.25) is 11.8 Å². The van der Waals surface area contributed by atoms with Crippen molar-refractivity contribution in [2.75, 3.05) is 13.1 Å². The number of amides is 2. The van der Waals surface area contributed by atoms with Gasteiger partial charge in [0, 0.05) is 25.2 Å². The van der Waals surface area contributed by atoms with Crippen LogP contribution >= 0.6 is 0 Å². The number of hydrogen-bond donors (Lipinski definition) is 2. The summed E-state index contributed by atoms with van der Waals surface area (Å²) in [6, 6.07) is 0. The number of unbranched alkanes of at least 4 members (excludes halogenated alkanes) is 12. The molecule has 152 valence electrons. The fourth-order valence-electron chi connectivity index (χ4n) is 2.86. The molecule has 2 N–H and O–H groups in total. The quantitative estimate of drug-likeness (QED) is 0.256. The summed E-state index contributed by atoms with van der Waals surface area (Å²) in [6.07, 6.45) is 19.9. The predicted octanol–water partition coefficient (Wildman–Crippen LogP) is 5.28. The normalized spacial score (nSPS) is 11.0. The van der Waals surface area contributed by atoms with Crippen LogP contribution in [0.15, 0.2) is 12.2 Å². The van der Waals surface area contributed by atoms with Crippen LogP contribution in [0.5, 0.6) is 0 Å². The van der Waals surface area contributed by atoms with Gasteiger partial charge in [0.25, 0.3) is 0 Å². The van der Waals surface area contributed by atoms with Gasteiger partial charge < -0.3 is 10.6 Å². The third kappa shape index (κ3) is 19.0. The molecule has 0 spiro atoms. The molecule has 4 nitrogen and oxygen atoms in total. The molecule has 0 unspecified atom stereocenters. The first-order valence-corrected chi connectivity index (χ1v) is 10.9. The molecule has 26 heavy (non-hydrogen) atoms. The molecule has 4 heteroatoms. The number of carbonyl (C=O) groups is 2. The van der Waals surface area contributed by atoms with E-state index < -0.39 is 0 Å².